The van der Waals surface area contributed by atoms with Crippen LogP contribution >= 0.6 is 11.6 Å². The second kappa shape index (κ2) is 6.79. The van der Waals surface area contributed by atoms with Gasteiger partial charge in [-0.2, -0.15) is 0 Å². The Morgan fingerprint density at radius 2 is 2.26 bits per heavy atom. The summed E-state index contributed by atoms with van der Waals surface area (Å²) in [5.74, 6) is 0.892. The molecular formula is C17H21ClN2O3. The van der Waals surface area contributed by atoms with Crippen molar-refractivity contribution in [2.24, 2.45) is 0 Å². The number of halogens is 1. The highest BCUT2D eigenvalue weighted by atomic mass is 35.5. The fourth-order valence-electron chi connectivity index (χ4n) is 3.25. The Morgan fingerprint density at radius 3 is 3.00 bits per heavy atom. The van der Waals surface area contributed by atoms with Crippen LogP contribution in [0.25, 0.3) is 0 Å². The van der Waals surface area contributed by atoms with Crippen molar-refractivity contribution in [1.82, 2.24) is 10.2 Å². The standard InChI is InChI=1S/C17H21ClN2O3/c1-11(10-20-5-2-3-16(20)22)19-15(21)9-13-8-14(18)7-12-4-6-23-17(12)13/h7-8,11H,2-6,9-10H2,1H3,(H,19,21). The van der Waals surface area contributed by atoms with E-state index in [-0.39, 0.29) is 24.3 Å². The molecule has 23 heavy (non-hydrogen) atoms. The molecule has 2 amide bonds. The van der Waals surface area contributed by atoms with E-state index in [1.54, 1.807) is 6.07 Å². The van der Waals surface area contributed by atoms with Gasteiger partial charge in [0, 0.05) is 42.6 Å². The summed E-state index contributed by atoms with van der Waals surface area (Å²) in [7, 11) is 0. The molecule has 1 saturated heterocycles. The van der Waals surface area contributed by atoms with Gasteiger partial charge in [0.05, 0.1) is 13.0 Å². The SMILES string of the molecule is CC(CN1CCCC1=O)NC(=O)Cc1cc(Cl)cc2c1OCC2. The maximum absolute atomic E-state index is 12.3. The third-order valence-corrected chi connectivity index (χ3v) is 4.47. The van der Waals surface area contributed by atoms with Gasteiger partial charge < -0.3 is 15.0 Å². The Kier molecular flexibility index (Phi) is 4.76. The molecule has 0 aromatic heterocycles. The number of benzene rings is 1. The van der Waals surface area contributed by atoms with Gasteiger partial charge in [-0.25, -0.2) is 0 Å². The van der Waals surface area contributed by atoms with Crippen molar-refractivity contribution < 1.29 is 14.3 Å². The predicted octanol–water partition coefficient (Wildman–Crippen LogP) is 1.94. The molecule has 6 heteroatoms. The highest BCUT2D eigenvalue weighted by Crippen LogP contribution is 2.33. The molecule has 3 rings (SSSR count). The zero-order chi connectivity index (χ0) is 16.4. The van der Waals surface area contributed by atoms with Gasteiger partial charge in [0.15, 0.2) is 0 Å². The van der Waals surface area contributed by atoms with Gasteiger partial charge in [-0.05, 0) is 31.0 Å². The van der Waals surface area contributed by atoms with E-state index in [4.69, 9.17) is 16.3 Å². The lowest BCUT2D eigenvalue weighted by molar-refractivity contribution is -0.129. The summed E-state index contributed by atoms with van der Waals surface area (Å²) in [5, 5.41) is 3.59. The van der Waals surface area contributed by atoms with E-state index >= 15 is 0 Å². The number of hydrogen-bond donors (Lipinski definition) is 1. The number of carbonyl (C=O) groups is 2. The normalized spacial score (nSPS) is 17.8. The number of nitrogens with zero attached hydrogens (tertiary/aromatic N) is 1. The van der Waals surface area contributed by atoms with E-state index in [0.717, 1.165) is 36.3 Å². The second-order valence-electron chi connectivity index (χ2n) is 6.24. The molecule has 5 nitrogen and oxygen atoms in total. The van der Waals surface area contributed by atoms with Crippen LogP contribution in [-0.2, 0) is 22.4 Å². The highest BCUT2D eigenvalue weighted by Gasteiger charge is 2.23. The van der Waals surface area contributed by atoms with E-state index in [9.17, 15) is 9.59 Å². The molecule has 2 aliphatic heterocycles. The molecule has 0 radical (unpaired) electrons. The van der Waals surface area contributed by atoms with Crippen LogP contribution in [-0.4, -0.2) is 42.5 Å². The molecule has 2 heterocycles. The molecular weight excluding hydrogens is 316 g/mol. The van der Waals surface area contributed by atoms with Crippen LogP contribution < -0.4 is 10.1 Å². The van der Waals surface area contributed by atoms with Gasteiger partial charge in [-0.1, -0.05) is 11.6 Å². The molecule has 1 aromatic rings. The molecule has 1 unspecified atom stereocenters. The lowest BCUT2D eigenvalue weighted by atomic mass is 10.1. The maximum Gasteiger partial charge on any atom is 0.224 e. The number of hydrogen-bond acceptors (Lipinski definition) is 3. The van der Waals surface area contributed by atoms with Crippen LogP contribution in [0.5, 0.6) is 5.75 Å². The van der Waals surface area contributed by atoms with E-state index < -0.39 is 0 Å². The van der Waals surface area contributed by atoms with Crippen molar-refractivity contribution >= 4 is 23.4 Å². The van der Waals surface area contributed by atoms with Crippen molar-refractivity contribution in [2.45, 2.75) is 38.6 Å². The molecule has 2 aliphatic rings. The maximum atomic E-state index is 12.3. The number of ether oxygens (including phenoxy) is 1. The van der Waals surface area contributed by atoms with Gasteiger partial charge in [-0.15, -0.1) is 0 Å². The molecule has 124 valence electrons. The van der Waals surface area contributed by atoms with Crippen molar-refractivity contribution in [3.05, 3.63) is 28.3 Å². The van der Waals surface area contributed by atoms with Gasteiger partial charge in [0.1, 0.15) is 5.75 Å². The molecule has 1 aromatic carbocycles. The minimum absolute atomic E-state index is 0.0716. The number of rotatable bonds is 5. The van der Waals surface area contributed by atoms with Gasteiger partial charge >= 0.3 is 0 Å². The average Bonchev–Trinajstić information content (AvgIpc) is 3.08. The summed E-state index contributed by atoms with van der Waals surface area (Å²) in [6.45, 7) is 3.91. The number of carbonyl (C=O) groups excluding carboxylic acids is 2. The third kappa shape index (κ3) is 3.78. The molecule has 1 fully saturated rings. The first-order valence-electron chi connectivity index (χ1n) is 8.04. The molecule has 0 bridgehead atoms. The van der Waals surface area contributed by atoms with Crippen LogP contribution in [0.15, 0.2) is 12.1 Å². The van der Waals surface area contributed by atoms with Crippen LogP contribution in [0.1, 0.15) is 30.9 Å². The van der Waals surface area contributed by atoms with Crippen LogP contribution in [0.2, 0.25) is 5.02 Å². The Morgan fingerprint density at radius 1 is 1.43 bits per heavy atom. The molecule has 0 saturated carbocycles. The minimum atomic E-state index is -0.0795. The van der Waals surface area contributed by atoms with Crippen molar-refractivity contribution in [3.8, 4) is 5.75 Å². The Hall–Kier alpha value is -1.75. The number of likely N-dealkylation sites (tertiary alicyclic amines) is 1. The fraction of sp³-hybridized carbons (Fsp3) is 0.529. The summed E-state index contributed by atoms with van der Waals surface area (Å²) >= 11 is 6.12. The summed E-state index contributed by atoms with van der Waals surface area (Å²) in [5.41, 5.74) is 1.89. The first-order valence-corrected chi connectivity index (χ1v) is 8.42. The lowest BCUT2D eigenvalue weighted by Gasteiger charge is -2.21. The summed E-state index contributed by atoms with van der Waals surface area (Å²) in [6, 6.07) is 3.62. The zero-order valence-electron chi connectivity index (χ0n) is 13.2. The zero-order valence-corrected chi connectivity index (χ0v) is 14.0. The van der Waals surface area contributed by atoms with Crippen LogP contribution in [0, 0.1) is 0 Å². The van der Waals surface area contributed by atoms with Crippen molar-refractivity contribution in [1.29, 1.82) is 0 Å². The first-order chi connectivity index (χ1) is 11.0. The summed E-state index contributed by atoms with van der Waals surface area (Å²) in [6.07, 6.45) is 2.59. The summed E-state index contributed by atoms with van der Waals surface area (Å²) < 4.78 is 5.62. The van der Waals surface area contributed by atoms with Gasteiger partial charge in [0.2, 0.25) is 11.8 Å². The molecule has 1 N–H and O–H groups in total. The Balaban J connectivity index is 1.58. The topological polar surface area (TPSA) is 58.6 Å². The monoisotopic (exact) mass is 336 g/mol. The Bertz CT molecular complexity index is 633. The van der Waals surface area contributed by atoms with E-state index in [1.165, 1.54) is 0 Å². The predicted molar refractivity (Wildman–Crippen MR) is 87.8 cm³/mol. The molecule has 0 aliphatic carbocycles. The van der Waals surface area contributed by atoms with E-state index in [0.29, 0.717) is 24.6 Å². The fourth-order valence-corrected chi connectivity index (χ4v) is 3.51. The Labute approximate surface area is 140 Å². The largest absolute Gasteiger partial charge is 0.493 e. The minimum Gasteiger partial charge on any atom is -0.493 e. The third-order valence-electron chi connectivity index (χ3n) is 4.25. The van der Waals surface area contributed by atoms with E-state index in [1.807, 2.05) is 17.9 Å². The van der Waals surface area contributed by atoms with Gasteiger partial charge in [0.25, 0.3) is 0 Å². The molecule has 0 spiro atoms. The van der Waals surface area contributed by atoms with Crippen molar-refractivity contribution in [3.63, 3.8) is 0 Å². The molecule has 1 atom stereocenters. The van der Waals surface area contributed by atoms with Crippen LogP contribution in [0.4, 0.5) is 0 Å². The number of nitrogens with one attached hydrogen (secondary N) is 1. The average molecular weight is 337 g/mol. The highest BCUT2D eigenvalue weighted by molar-refractivity contribution is 6.30. The quantitative estimate of drug-likeness (QED) is 0.894. The second-order valence-corrected chi connectivity index (χ2v) is 6.68. The summed E-state index contributed by atoms with van der Waals surface area (Å²) in [4.78, 5) is 25.7. The smallest absolute Gasteiger partial charge is 0.224 e. The first kappa shape index (κ1) is 16.1. The van der Waals surface area contributed by atoms with Crippen LogP contribution in [0.3, 0.4) is 0 Å². The van der Waals surface area contributed by atoms with Gasteiger partial charge in [-0.3, -0.25) is 9.59 Å². The van der Waals surface area contributed by atoms with Crippen molar-refractivity contribution in [2.75, 3.05) is 19.7 Å². The van der Waals surface area contributed by atoms with E-state index in [2.05, 4.69) is 5.32 Å². The number of fused-ring (bicyclic) bond motifs is 1. The number of amides is 2. The lowest BCUT2D eigenvalue weighted by Crippen LogP contribution is -2.42.